The standard InChI is InChI=1S/C43H58F2N6O7S/c1-6-26-32-21-51(33(26)37(52)49-43(20-28(43)36(44)45)40(54)50-59-25-15-16-25)39(53)35(42(2,3)4)48-41(55)58-34-23-13-12-22(18-23)27(34)10-8-7-9-11-30-38(57-32)47-31-19-24(56-5)14-17-29(31)46-30/h14,17,19,22-23,25-28,32-36H,6-13,15-16,18,20-21H2,1-5H3,(H,48,55)(H,49,52)(H,50,54)/t22-,23+,26?,27-,28+,32+,33+,34-,35-,43-/m1/s1. The number of alkyl halides is 2. The molecule has 10 atom stereocenters. The molecule has 0 spiro atoms. The van der Waals surface area contributed by atoms with Gasteiger partial charge in [-0.2, -0.15) is 0 Å². The van der Waals surface area contributed by atoms with Crippen LogP contribution in [0.5, 0.6) is 11.6 Å². The number of carbonyl (C=O) groups excluding carboxylic acids is 4. The summed E-state index contributed by atoms with van der Waals surface area (Å²) >= 11 is 1.19. The van der Waals surface area contributed by atoms with Gasteiger partial charge in [-0.1, -0.05) is 40.5 Å². The molecule has 13 nitrogen and oxygen atoms in total. The number of alkyl carbamates (subject to hydrolysis) is 1. The van der Waals surface area contributed by atoms with Crippen molar-refractivity contribution in [2.45, 2.75) is 146 Å². The molecule has 6 aliphatic rings. The van der Waals surface area contributed by atoms with Crippen LogP contribution in [-0.2, 0) is 25.5 Å². The molecular formula is C43H58F2N6O7S. The maximum atomic E-state index is 15.1. The van der Waals surface area contributed by atoms with Crippen LogP contribution in [0.3, 0.4) is 0 Å². The van der Waals surface area contributed by atoms with E-state index < -0.39 is 71.2 Å². The molecule has 1 aromatic heterocycles. The second kappa shape index (κ2) is 16.5. The summed E-state index contributed by atoms with van der Waals surface area (Å²) in [5.74, 6) is -2.08. The van der Waals surface area contributed by atoms with Crippen LogP contribution in [0.4, 0.5) is 13.6 Å². The van der Waals surface area contributed by atoms with Crippen LogP contribution in [0.2, 0.25) is 0 Å². The lowest BCUT2D eigenvalue weighted by Gasteiger charge is -2.37. The quantitative estimate of drug-likeness (QED) is 0.255. The average molecular weight is 841 g/mol. The highest BCUT2D eigenvalue weighted by Gasteiger charge is 2.66. The zero-order chi connectivity index (χ0) is 41.8. The van der Waals surface area contributed by atoms with E-state index >= 15 is 4.79 Å². The fourth-order valence-corrected chi connectivity index (χ4v) is 11.1. The van der Waals surface area contributed by atoms with Gasteiger partial charge < -0.3 is 29.7 Å². The lowest BCUT2D eigenvalue weighted by molar-refractivity contribution is -0.144. The Bertz CT molecular complexity index is 1950. The number of methoxy groups -OCH3 is 1. The summed E-state index contributed by atoms with van der Waals surface area (Å²) in [6.07, 6.45) is 4.79. The molecule has 5 fully saturated rings. The van der Waals surface area contributed by atoms with E-state index in [1.807, 2.05) is 39.8 Å². The van der Waals surface area contributed by atoms with E-state index in [1.54, 1.807) is 13.2 Å². The second-order valence-corrected chi connectivity index (χ2v) is 19.9. The molecule has 3 heterocycles. The Morgan fingerprint density at radius 2 is 1.83 bits per heavy atom. The molecule has 3 N–H and O–H groups in total. The normalized spacial score (nSPS) is 33.6. The predicted molar refractivity (Wildman–Crippen MR) is 217 cm³/mol. The van der Waals surface area contributed by atoms with E-state index in [2.05, 4.69) is 15.4 Å². The van der Waals surface area contributed by atoms with Gasteiger partial charge in [0.1, 0.15) is 41.3 Å². The van der Waals surface area contributed by atoms with Crippen molar-refractivity contribution in [1.82, 2.24) is 30.2 Å². The molecule has 322 valence electrons. The summed E-state index contributed by atoms with van der Waals surface area (Å²) in [4.78, 5) is 68.6. The monoisotopic (exact) mass is 840 g/mol. The number of benzene rings is 1. The Morgan fingerprint density at radius 3 is 2.53 bits per heavy atom. The van der Waals surface area contributed by atoms with Crippen molar-refractivity contribution in [2.24, 2.45) is 35.0 Å². The van der Waals surface area contributed by atoms with Crippen molar-refractivity contribution >= 4 is 46.8 Å². The van der Waals surface area contributed by atoms with Crippen molar-refractivity contribution in [3.8, 4) is 11.6 Å². The van der Waals surface area contributed by atoms with Crippen LogP contribution in [0.25, 0.3) is 11.0 Å². The number of nitrogens with zero attached hydrogens (tertiary/aromatic N) is 3. The SMILES string of the molecule is CCC1[C@@H]2CN(C(=O)[C@H](C(C)(C)C)NC(=O)O[C@@H]3[C@H]4CC[C@H](C4)[C@H]3CCCCCc3nc4ccc(OC)cc4nc3O2)[C@@H]1C(=O)N[C@]1(C(=O)NSC2CC2)C[C@H]1C(F)F. The highest BCUT2D eigenvalue weighted by Crippen LogP contribution is 2.52. The third kappa shape index (κ3) is 8.40. The highest BCUT2D eigenvalue weighted by atomic mass is 32.2. The van der Waals surface area contributed by atoms with Gasteiger partial charge in [-0.15, -0.1) is 0 Å². The molecule has 59 heavy (non-hydrogen) atoms. The predicted octanol–water partition coefficient (Wildman–Crippen LogP) is 6.36. The van der Waals surface area contributed by atoms with E-state index in [1.165, 1.54) is 16.8 Å². The molecular weight excluding hydrogens is 783 g/mol. The first kappa shape index (κ1) is 41.8. The van der Waals surface area contributed by atoms with Gasteiger partial charge in [0.15, 0.2) is 0 Å². The summed E-state index contributed by atoms with van der Waals surface area (Å²) in [6.45, 7) is 7.30. The van der Waals surface area contributed by atoms with Crippen LogP contribution < -0.4 is 24.8 Å². The molecule has 8 rings (SSSR count). The van der Waals surface area contributed by atoms with Crippen molar-refractivity contribution in [3.05, 3.63) is 23.9 Å². The Morgan fingerprint density at radius 1 is 1.05 bits per heavy atom. The van der Waals surface area contributed by atoms with E-state index in [4.69, 9.17) is 24.2 Å². The van der Waals surface area contributed by atoms with Crippen LogP contribution in [0.15, 0.2) is 18.2 Å². The number of hydrogen-bond acceptors (Lipinski definition) is 10. The van der Waals surface area contributed by atoms with E-state index in [9.17, 15) is 23.2 Å². The lowest BCUT2D eigenvalue weighted by atomic mass is 9.82. The van der Waals surface area contributed by atoms with Crippen molar-refractivity contribution in [1.29, 1.82) is 0 Å². The number of ether oxygens (including phenoxy) is 3. The molecule has 2 aliphatic heterocycles. The molecule has 1 unspecified atom stereocenters. The first-order valence-electron chi connectivity index (χ1n) is 21.6. The number of fused-ring (bicyclic) bond motifs is 9. The summed E-state index contributed by atoms with van der Waals surface area (Å²) in [5, 5.41) is 5.87. The number of amides is 4. The molecule has 4 amide bonds. The van der Waals surface area contributed by atoms with Crippen molar-refractivity contribution in [2.75, 3.05) is 13.7 Å². The largest absolute Gasteiger partial charge is 0.497 e. The first-order chi connectivity index (χ1) is 28.2. The third-order valence-corrected chi connectivity index (χ3v) is 14.9. The number of hydrogen-bond donors (Lipinski definition) is 3. The molecule has 2 aromatic rings. The van der Waals surface area contributed by atoms with E-state index in [0.29, 0.717) is 47.1 Å². The van der Waals surface area contributed by atoms with Crippen LogP contribution in [0.1, 0.15) is 104 Å². The van der Waals surface area contributed by atoms with Crippen LogP contribution in [0, 0.1) is 35.0 Å². The molecule has 1 aromatic carbocycles. The van der Waals surface area contributed by atoms with E-state index in [-0.39, 0.29) is 36.2 Å². The van der Waals surface area contributed by atoms with Gasteiger partial charge in [0.2, 0.25) is 24.1 Å². The van der Waals surface area contributed by atoms with Gasteiger partial charge in [-0.3, -0.25) is 19.1 Å². The number of halogens is 2. The first-order valence-corrected chi connectivity index (χ1v) is 22.4. The number of aromatic nitrogens is 2. The molecule has 1 saturated heterocycles. The van der Waals surface area contributed by atoms with E-state index in [0.717, 1.165) is 57.8 Å². The maximum Gasteiger partial charge on any atom is 0.408 e. The van der Waals surface area contributed by atoms with Crippen LogP contribution >= 0.6 is 11.9 Å². The highest BCUT2D eigenvalue weighted by molar-refractivity contribution is 7.98. The Kier molecular flexibility index (Phi) is 11.7. The van der Waals surface area contributed by atoms with Gasteiger partial charge in [-0.05, 0) is 111 Å². The molecule has 16 heteroatoms. The summed E-state index contributed by atoms with van der Waals surface area (Å²) in [6, 6.07) is 3.11. The van der Waals surface area contributed by atoms with Gasteiger partial charge in [0.05, 0.1) is 30.6 Å². The molecule has 0 radical (unpaired) electrons. The zero-order valence-corrected chi connectivity index (χ0v) is 35.5. The van der Waals surface area contributed by atoms with Gasteiger partial charge in [0, 0.05) is 17.2 Å². The summed E-state index contributed by atoms with van der Waals surface area (Å²) in [7, 11) is 1.57. The number of carbonyl (C=O) groups is 4. The minimum atomic E-state index is -2.85. The minimum Gasteiger partial charge on any atom is -0.497 e. The molecule has 4 aliphatic carbocycles. The second-order valence-electron chi connectivity index (χ2n) is 18.8. The Hall–Kier alpha value is -3.95. The summed E-state index contributed by atoms with van der Waals surface area (Å²) in [5.41, 5.74) is -0.771. The Balaban J connectivity index is 1.17. The average Bonchev–Trinajstić information content (AvgIpc) is 4.04. The smallest absolute Gasteiger partial charge is 0.408 e. The number of aryl methyl sites for hydroxylation is 1. The van der Waals surface area contributed by atoms with Crippen LogP contribution in [-0.4, -0.2) is 93.8 Å². The van der Waals surface area contributed by atoms with Crippen molar-refractivity contribution in [3.63, 3.8) is 0 Å². The summed E-state index contributed by atoms with van der Waals surface area (Å²) < 4.78 is 49.9. The molecule has 4 saturated carbocycles. The third-order valence-electron chi connectivity index (χ3n) is 13.8. The maximum absolute atomic E-state index is 15.1. The minimum absolute atomic E-state index is 0.0700. The topological polar surface area (TPSA) is 161 Å². The zero-order valence-electron chi connectivity index (χ0n) is 34.6. The number of rotatable bonds is 8. The Labute approximate surface area is 348 Å². The van der Waals surface area contributed by atoms with Gasteiger partial charge in [-0.25, -0.2) is 23.5 Å². The van der Waals surface area contributed by atoms with Gasteiger partial charge in [0.25, 0.3) is 5.91 Å². The number of nitrogens with one attached hydrogen (secondary N) is 3. The van der Waals surface area contributed by atoms with Crippen molar-refractivity contribution < 1.29 is 42.2 Å². The molecule has 4 bridgehead atoms. The lowest BCUT2D eigenvalue weighted by Crippen LogP contribution is -2.61. The fourth-order valence-electron chi connectivity index (χ4n) is 10.3. The fraction of sp³-hybridized carbons (Fsp3) is 0.721. The van der Waals surface area contributed by atoms with Gasteiger partial charge >= 0.3 is 6.09 Å².